The number of amides is 1. The molecule has 0 heterocycles. The zero-order valence-electron chi connectivity index (χ0n) is 11.4. The first-order valence-electron chi connectivity index (χ1n) is 6.38. The van der Waals surface area contributed by atoms with Crippen molar-refractivity contribution in [1.29, 1.82) is 0 Å². The van der Waals surface area contributed by atoms with Gasteiger partial charge >= 0.3 is 0 Å². The van der Waals surface area contributed by atoms with Crippen molar-refractivity contribution in [3.8, 4) is 5.75 Å². The summed E-state index contributed by atoms with van der Waals surface area (Å²) in [5.41, 5.74) is 0.461. The lowest BCUT2D eigenvalue weighted by Gasteiger charge is -2.16. The van der Waals surface area contributed by atoms with Crippen LogP contribution in [0, 0.1) is 0 Å². The number of benzene rings is 2. The quantitative estimate of drug-likeness (QED) is 0.843. The van der Waals surface area contributed by atoms with Gasteiger partial charge < -0.3 is 10.1 Å². The van der Waals surface area contributed by atoms with Crippen molar-refractivity contribution in [1.82, 2.24) is 5.32 Å². The molecule has 20 heavy (non-hydrogen) atoms. The number of allylic oxidation sites excluding steroid dienone is 1. The number of carbonyl (C=O) groups excluding carboxylic acids is 1. The van der Waals surface area contributed by atoms with E-state index in [9.17, 15) is 4.79 Å². The minimum absolute atomic E-state index is 0.247. The second-order valence-electron chi connectivity index (χ2n) is 4.46. The smallest absolute Gasteiger partial charge is 0.265 e. The highest BCUT2D eigenvalue weighted by Crippen LogP contribution is 2.26. The Morgan fingerprint density at radius 2 is 1.95 bits per heavy atom. The third-order valence-corrected chi connectivity index (χ3v) is 2.95. The molecule has 1 atom stereocenters. The summed E-state index contributed by atoms with van der Waals surface area (Å²) in [5.74, 6) is 0.442. The first kappa shape index (κ1) is 13.9. The molecule has 1 unspecified atom stereocenters. The van der Waals surface area contributed by atoms with E-state index in [0.29, 0.717) is 11.4 Å². The van der Waals surface area contributed by atoms with Gasteiger partial charge in [-0.25, -0.2) is 0 Å². The fraction of sp³-hybridized carbons (Fsp3) is 0.118. The van der Waals surface area contributed by atoms with Crippen LogP contribution in [-0.2, 0) is 4.79 Å². The predicted molar refractivity (Wildman–Crippen MR) is 81.5 cm³/mol. The van der Waals surface area contributed by atoms with Crippen LogP contribution in [0.25, 0.3) is 10.8 Å². The molecule has 0 bridgehead atoms. The lowest BCUT2D eigenvalue weighted by Crippen LogP contribution is -2.35. The van der Waals surface area contributed by atoms with Crippen molar-refractivity contribution in [2.24, 2.45) is 0 Å². The molecule has 1 N–H and O–H groups in total. The van der Waals surface area contributed by atoms with Crippen LogP contribution in [0.5, 0.6) is 5.75 Å². The number of rotatable bonds is 5. The number of carbonyl (C=O) groups is 1. The molecule has 2 rings (SSSR count). The molecule has 1 amide bonds. The van der Waals surface area contributed by atoms with Crippen LogP contribution in [-0.4, -0.2) is 12.0 Å². The molecule has 2 aromatic rings. The molecule has 3 nitrogen and oxygen atoms in total. The minimum Gasteiger partial charge on any atom is -0.480 e. The molecule has 0 fully saturated rings. The van der Waals surface area contributed by atoms with E-state index in [-0.39, 0.29) is 5.91 Å². The number of ether oxygens (including phenoxy) is 1. The molecule has 0 saturated heterocycles. The summed E-state index contributed by atoms with van der Waals surface area (Å²) in [4.78, 5) is 11.9. The summed E-state index contributed by atoms with van der Waals surface area (Å²) >= 11 is 0. The van der Waals surface area contributed by atoms with Crippen LogP contribution in [0.2, 0.25) is 0 Å². The van der Waals surface area contributed by atoms with Crippen LogP contribution >= 0.6 is 0 Å². The van der Waals surface area contributed by atoms with Gasteiger partial charge in [0.2, 0.25) is 0 Å². The average Bonchev–Trinajstić information content (AvgIpc) is 2.47. The highest BCUT2D eigenvalue weighted by Gasteiger charge is 2.15. The SMILES string of the molecule is C=CC(=C)NC(=O)C(C)Oc1cccc2ccccc12. The van der Waals surface area contributed by atoms with Crippen LogP contribution in [0.15, 0.2) is 67.4 Å². The van der Waals surface area contributed by atoms with Crippen molar-refractivity contribution in [3.05, 3.63) is 67.4 Å². The Labute approximate surface area is 118 Å². The van der Waals surface area contributed by atoms with E-state index in [1.54, 1.807) is 6.92 Å². The Morgan fingerprint density at radius 1 is 1.25 bits per heavy atom. The fourth-order valence-electron chi connectivity index (χ4n) is 1.85. The number of fused-ring (bicyclic) bond motifs is 1. The van der Waals surface area contributed by atoms with Gasteiger partial charge in [0, 0.05) is 11.1 Å². The molecule has 0 aromatic heterocycles. The van der Waals surface area contributed by atoms with Crippen molar-refractivity contribution in [2.75, 3.05) is 0 Å². The van der Waals surface area contributed by atoms with E-state index < -0.39 is 6.10 Å². The van der Waals surface area contributed by atoms with Gasteiger partial charge in [0.1, 0.15) is 5.75 Å². The number of hydrogen-bond acceptors (Lipinski definition) is 2. The maximum Gasteiger partial charge on any atom is 0.265 e. The van der Waals surface area contributed by atoms with E-state index in [0.717, 1.165) is 10.8 Å². The lowest BCUT2D eigenvalue weighted by molar-refractivity contribution is -0.126. The van der Waals surface area contributed by atoms with Gasteiger partial charge in [-0.2, -0.15) is 0 Å². The van der Waals surface area contributed by atoms with Crippen LogP contribution in [0.1, 0.15) is 6.92 Å². The van der Waals surface area contributed by atoms with E-state index in [1.165, 1.54) is 6.08 Å². The Morgan fingerprint density at radius 3 is 2.70 bits per heavy atom. The molecule has 0 aliphatic heterocycles. The van der Waals surface area contributed by atoms with Crippen molar-refractivity contribution >= 4 is 16.7 Å². The summed E-state index contributed by atoms with van der Waals surface area (Å²) in [6, 6.07) is 13.7. The molecule has 3 heteroatoms. The van der Waals surface area contributed by atoms with E-state index in [2.05, 4.69) is 18.5 Å². The van der Waals surface area contributed by atoms with E-state index in [4.69, 9.17) is 4.74 Å². The maximum absolute atomic E-state index is 11.9. The molecular weight excluding hydrogens is 250 g/mol. The van der Waals surface area contributed by atoms with Crippen molar-refractivity contribution < 1.29 is 9.53 Å². The Kier molecular flexibility index (Phi) is 4.20. The number of nitrogens with one attached hydrogen (secondary N) is 1. The van der Waals surface area contributed by atoms with E-state index >= 15 is 0 Å². The van der Waals surface area contributed by atoms with Gasteiger partial charge in [-0.15, -0.1) is 0 Å². The highest BCUT2D eigenvalue weighted by molar-refractivity contribution is 5.89. The first-order chi connectivity index (χ1) is 9.61. The highest BCUT2D eigenvalue weighted by atomic mass is 16.5. The normalized spacial score (nSPS) is 11.7. The zero-order valence-corrected chi connectivity index (χ0v) is 11.4. The molecule has 2 aromatic carbocycles. The zero-order chi connectivity index (χ0) is 14.5. The summed E-state index contributed by atoms with van der Waals surface area (Å²) in [5, 5.41) is 4.68. The molecular formula is C17H17NO2. The second kappa shape index (κ2) is 6.06. The molecule has 0 radical (unpaired) electrons. The van der Waals surface area contributed by atoms with E-state index in [1.807, 2.05) is 42.5 Å². The van der Waals surface area contributed by atoms with Gasteiger partial charge in [0.25, 0.3) is 5.91 Å². The summed E-state index contributed by atoms with van der Waals surface area (Å²) in [6.45, 7) is 8.89. The molecule has 0 spiro atoms. The Balaban J connectivity index is 2.17. The predicted octanol–water partition coefficient (Wildman–Crippen LogP) is 3.42. The lowest BCUT2D eigenvalue weighted by atomic mass is 10.1. The van der Waals surface area contributed by atoms with Crippen LogP contribution < -0.4 is 10.1 Å². The standard InChI is InChI=1S/C17H17NO2/c1-4-12(2)18-17(19)13(3)20-16-11-7-9-14-8-5-6-10-15(14)16/h4-11,13H,1-2H2,3H3,(H,18,19). The molecule has 0 aliphatic rings. The van der Waals surface area contributed by atoms with Gasteiger partial charge in [0.05, 0.1) is 0 Å². The number of hydrogen-bond donors (Lipinski definition) is 1. The minimum atomic E-state index is -0.613. The van der Waals surface area contributed by atoms with Crippen molar-refractivity contribution in [2.45, 2.75) is 13.0 Å². The molecule has 0 aliphatic carbocycles. The molecule has 0 saturated carbocycles. The van der Waals surface area contributed by atoms with Gasteiger partial charge in [-0.3, -0.25) is 4.79 Å². The third kappa shape index (κ3) is 3.06. The van der Waals surface area contributed by atoms with Gasteiger partial charge in [0.15, 0.2) is 6.10 Å². The monoisotopic (exact) mass is 267 g/mol. The maximum atomic E-state index is 11.9. The average molecular weight is 267 g/mol. The third-order valence-electron chi connectivity index (χ3n) is 2.95. The Hall–Kier alpha value is -2.55. The first-order valence-corrected chi connectivity index (χ1v) is 6.38. The van der Waals surface area contributed by atoms with Crippen LogP contribution in [0.3, 0.4) is 0 Å². The summed E-state index contributed by atoms with van der Waals surface area (Å²) in [6.07, 6.45) is 0.875. The summed E-state index contributed by atoms with van der Waals surface area (Å²) < 4.78 is 5.75. The van der Waals surface area contributed by atoms with Crippen molar-refractivity contribution in [3.63, 3.8) is 0 Å². The Bertz CT molecular complexity index is 656. The topological polar surface area (TPSA) is 38.3 Å². The largest absolute Gasteiger partial charge is 0.480 e. The summed E-state index contributed by atoms with van der Waals surface area (Å²) in [7, 11) is 0. The second-order valence-corrected chi connectivity index (χ2v) is 4.46. The van der Waals surface area contributed by atoms with Gasteiger partial charge in [-0.05, 0) is 24.5 Å². The van der Waals surface area contributed by atoms with Crippen LogP contribution in [0.4, 0.5) is 0 Å². The molecule has 102 valence electrons. The fourth-order valence-corrected chi connectivity index (χ4v) is 1.85. The van der Waals surface area contributed by atoms with Gasteiger partial charge in [-0.1, -0.05) is 49.6 Å².